The highest BCUT2D eigenvalue weighted by Gasteiger charge is 2.28. The summed E-state index contributed by atoms with van der Waals surface area (Å²) in [4.78, 5) is 14.0. The number of aliphatic carboxylic acids is 1. The molecular weight excluding hydrogens is 391 g/mol. The first-order valence-corrected chi connectivity index (χ1v) is 9.71. The second kappa shape index (κ2) is 8.49. The molecule has 0 bridgehead atoms. The van der Waals surface area contributed by atoms with Gasteiger partial charge in [-0.25, -0.2) is 4.79 Å². The molecule has 3 aromatic rings. The van der Waals surface area contributed by atoms with Crippen LogP contribution in [-0.4, -0.2) is 17.7 Å². The van der Waals surface area contributed by atoms with E-state index in [-0.39, 0.29) is 17.5 Å². The normalized spacial score (nSPS) is 10.7. The lowest BCUT2D eigenvalue weighted by molar-refractivity contribution is -0.139. The molecule has 0 aliphatic heterocycles. The third kappa shape index (κ3) is 4.73. The zero-order chi connectivity index (χ0) is 18.5. The molecule has 0 radical (unpaired) electrons. The van der Waals surface area contributed by atoms with Crippen LogP contribution in [0.3, 0.4) is 0 Å². The lowest BCUT2D eigenvalue weighted by Crippen LogP contribution is -2.09. The van der Waals surface area contributed by atoms with Gasteiger partial charge < -0.3 is 9.84 Å². The topological polar surface area (TPSA) is 46.5 Å². The fraction of sp³-hybridized carbons (Fsp3) is 0.0500. The van der Waals surface area contributed by atoms with Gasteiger partial charge in [0.2, 0.25) is 0 Å². The molecule has 0 aliphatic carbocycles. The maximum Gasteiger partial charge on any atom is 0.341 e. The van der Waals surface area contributed by atoms with Gasteiger partial charge in [0, 0.05) is 10.0 Å². The summed E-state index contributed by atoms with van der Waals surface area (Å²) in [7, 11) is -0.341. The Labute approximate surface area is 164 Å². The van der Waals surface area contributed by atoms with Crippen LogP contribution in [0.4, 0.5) is 0 Å². The Kier molecular flexibility index (Phi) is 6.09. The molecular formula is C20H15Cl2O3S+. The fourth-order valence-electron chi connectivity index (χ4n) is 2.37. The van der Waals surface area contributed by atoms with Gasteiger partial charge in [-0.2, -0.15) is 0 Å². The van der Waals surface area contributed by atoms with E-state index >= 15 is 0 Å². The molecule has 6 heteroatoms. The lowest BCUT2D eigenvalue weighted by Gasteiger charge is -2.09. The van der Waals surface area contributed by atoms with E-state index in [1.807, 2.05) is 60.7 Å². The molecule has 26 heavy (non-hydrogen) atoms. The van der Waals surface area contributed by atoms with Gasteiger partial charge in [0.05, 0.1) is 10.9 Å². The smallest absolute Gasteiger partial charge is 0.341 e. The van der Waals surface area contributed by atoms with E-state index in [4.69, 9.17) is 33.0 Å². The molecule has 132 valence electrons. The summed E-state index contributed by atoms with van der Waals surface area (Å²) in [6.07, 6.45) is 0. The molecule has 0 unspecified atom stereocenters. The quantitative estimate of drug-likeness (QED) is 0.546. The third-order valence-corrected chi connectivity index (χ3v) is 6.26. The molecule has 1 N–H and O–H groups in total. The van der Waals surface area contributed by atoms with Gasteiger partial charge in [0.1, 0.15) is 5.75 Å². The van der Waals surface area contributed by atoms with Crippen molar-refractivity contribution in [3.05, 3.63) is 82.8 Å². The maximum absolute atomic E-state index is 10.6. The van der Waals surface area contributed by atoms with Gasteiger partial charge in [-0.05, 0) is 72.8 Å². The Morgan fingerprint density at radius 3 is 1.54 bits per heavy atom. The predicted molar refractivity (Wildman–Crippen MR) is 105 cm³/mol. The van der Waals surface area contributed by atoms with Crippen molar-refractivity contribution in [1.29, 1.82) is 0 Å². The summed E-state index contributed by atoms with van der Waals surface area (Å²) in [5.74, 6) is -0.483. The van der Waals surface area contributed by atoms with Crippen LogP contribution >= 0.6 is 23.2 Å². The molecule has 3 aromatic carbocycles. The maximum atomic E-state index is 10.6. The molecule has 3 rings (SSSR count). The van der Waals surface area contributed by atoms with Crippen molar-refractivity contribution in [2.45, 2.75) is 14.7 Å². The Balaban J connectivity index is 1.96. The van der Waals surface area contributed by atoms with Gasteiger partial charge in [0.25, 0.3) is 0 Å². The molecule has 0 heterocycles. The number of ether oxygens (including phenoxy) is 1. The number of carboxylic acids is 1. The van der Waals surface area contributed by atoms with Crippen LogP contribution in [0.25, 0.3) is 0 Å². The molecule has 0 spiro atoms. The van der Waals surface area contributed by atoms with E-state index in [0.717, 1.165) is 14.7 Å². The number of halogens is 2. The second-order valence-corrected chi connectivity index (χ2v) is 8.27. The Morgan fingerprint density at radius 2 is 1.15 bits per heavy atom. The molecule has 0 fully saturated rings. The summed E-state index contributed by atoms with van der Waals surface area (Å²) in [6, 6.07) is 23.0. The van der Waals surface area contributed by atoms with E-state index in [1.54, 1.807) is 12.1 Å². The summed E-state index contributed by atoms with van der Waals surface area (Å²) in [5, 5.41) is 10.1. The minimum Gasteiger partial charge on any atom is -0.482 e. The van der Waals surface area contributed by atoms with Crippen molar-refractivity contribution >= 4 is 40.1 Å². The highest BCUT2D eigenvalue weighted by Crippen LogP contribution is 2.33. The van der Waals surface area contributed by atoms with Gasteiger partial charge >= 0.3 is 5.97 Å². The molecule has 3 nitrogen and oxygen atoms in total. The van der Waals surface area contributed by atoms with Crippen LogP contribution in [-0.2, 0) is 15.7 Å². The third-order valence-electron chi connectivity index (χ3n) is 3.52. The zero-order valence-corrected chi connectivity index (χ0v) is 15.9. The van der Waals surface area contributed by atoms with Crippen LogP contribution in [0.1, 0.15) is 0 Å². The van der Waals surface area contributed by atoms with E-state index in [1.165, 1.54) is 0 Å². The standard InChI is InChI=1S/C20H14Cl2O3S/c21-14-1-7-17(8-2-14)26(18-9-3-15(22)4-10-18)19-11-5-16(6-12-19)25-13-20(23)24/h1-12H,13H2/p+1. The molecule has 0 aliphatic rings. The van der Waals surface area contributed by atoms with Crippen LogP contribution in [0.15, 0.2) is 87.5 Å². The summed E-state index contributed by atoms with van der Waals surface area (Å²) in [6.45, 7) is -0.362. The van der Waals surface area contributed by atoms with Crippen LogP contribution in [0.2, 0.25) is 10.0 Å². The SMILES string of the molecule is O=C(O)COc1ccc([S+](c2ccc(Cl)cc2)c2ccc(Cl)cc2)cc1. The van der Waals surface area contributed by atoms with Gasteiger partial charge in [0.15, 0.2) is 21.3 Å². The van der Waals surface area contributed by atoms with Crippen molar-refractivity contribution in [3.63, 3.8) is 0 Å². The monoisotopic (exact) mass is 405 g/mol. The van der Waals surface area contributed by atoms with Crippen molar-refractivity contribution in [3.8, 4) is 5.75 Å². The van der Waals surface area contributed by atoms with Crippen LogP contribution < -0.4 is 4.74 Å². The highest BCUT2D eigenvalue weighted by atomic mass is 35.5. The largest absolute Gasteiger partial charge is 0.482 e. The number of hydrogen-bond donors (Lipinski definition) is 1. The number of carbonyl (C=O) groups is 1. The number of hydrogen-bond acceptors (Lipinski definition) is 2. The van der Waals surface area contributed by atoms with E-state index < -0.39 is 5.97 Å². The van der Waals surface area contributed by atoms with E-state index in [0.29, 0.717) is 15.8 Å². The Bertz CT molecular complexity index is 833. The Hall–Kier alpha value is -2.14. The van der Waals surface area contributed by atoms with Crippen LogP contribution in [0.5, 0.6) is 5.75 Å². The number of rotatable bonds is 6. The van der Waals surface area contributed by atoms with Gasteiger partial charge in [-0.1, -0.05) is 23.2 Å². The highest BCUT2D eigenvalue weighted by molar-refractivity contribution is 7.97. The first-order valence-electron chi connectivity index (χ1n) is 7.73. The first-order chi connectivity index (χ1) is 12.5. The average Bonchev–Trinajstić information content (AvgIpc) is 2.64. The molecule has 0 saturated carbocycles. The van der Waals surface area contributed by atoms with E-state index in [2.05, 4.69) is 0 Å². The molecule has 0 aromatic heterocycles. The fourth-order valence-corrected chi connectivity index (χ4v) is 4.66. The first kappa shape index (κ1) is 18.6. The molecule has 0 saturated heterocycles. The van der Waals surface area contributed by atoms with Crippen molar-refractivity contribution in [2.24, 2.45) is 0 Å². The number of benzene rings is 3. The van der Waals surface area contributed by atoms with Crippen molar-refractivity contribution < 1.29 is 14.6 Å². The van der Waals surface area contributed by atoms with Gasteiger partial charge in [-0.15, -0.1) is 0 Å². The van der Waals surface area contributed by atoms with Crippen molar-refractivity contribution in [2.75, 3.05) is 6.61 Å². The summed E-state index contributed by atoms with van der Waals surface area (Å²) >= 11 is 12.1. The second-order valence-electron chi connectivity index (χ2n) is 5.37. The lowest BCUT2D eigenvalue weighted by atomic mass is 10.3. The average molecular weight is 406 g/mol. The zero-order valence-electron chi connectivity index (χ0n) is 13.6. The minimum absolute atomic E-state index is 0.341. The molecule has 0 amide bonds. The van der Waals surface area contributed by atoms with Gasteiger partial charge in [-0.3, -0.25) is 0 Å². The number of carboxylic acid groups (broad SMARTS) is 1. The van der Waals surface area contributed by atoms with Crippen molar-refractivity contribution in [1.82, 2.24) is 0 Å². The molecule has 0 atom stereocenters. The summed E-state index contributed by atoms with van der Waals surface area (Å²) in [5.41, 5.74) is 0. The van der Waals surface area contributed by atoms with E-state index in [9.17, 15) is 4.79 Å². The summed E-state index contributed by atoms with van der Waals surface area (Å²) < 4.78 is 5.21. The van der Waals surface area contributed by atoms with Crippen LogP contribution in [0, 0.1) is 0 Å². The predicted octanol–water partition coefficient (Wildman–Crippen LogP) is 5.55. The minimum atomic E-state index is -1.00. The Morgan fingerprint density at radius 1 is 0.769 bits per heavy atom.